The van der Waals surface area contributed by atoms with Crippen LogP contribution in [0.5, 0.6) is 0 Å². The highest BCUT2D eigenvalue weighted by molar-refractivity contribution is 5.44. The average Bonchev–Trinajstić information content (AvgIpc) is 1.96. The van der Waals surface area contributed by atoms with Crippen LogP contribution in [0.1, 0.15) is 11.3 Å². The predicted molar refractivity (Wildman–Crippen MR) is 45.4 cm³/mol. The number of nitrogens with two attached hydrogens (primary N) is 2. The van der Waals surface area contributed by atoms with E-state index >= 15 is 0 Å². The molecule has 0 fully saturated rings. The summed E-state index contributed by atoms with van der Waals surface area (Å²) in [6.07, 6.45) is -5.46. The first-order valence-corrected chi connectivity index (χ1v) is 3.75. The van der Waals surface area contributed by atoms with E-state index in [0.717, 1.165) is 0 Å². The molecule has 14 heavy (non-hydrogen) atoms. The summed E-state index contributed by atoms with van der Waals surface area (Å²) in [7, 11) is 0. The smallest absolute Gasteiger partial charge is 0.383 e. The zero-order chi connectivity index (χ0) is 10.9. The molecule has 0 spiro atoms. The number of nitrogens with zero attached hydrogens (tertiary/aromatic N) is 2. The maximum Gasteiger partial charge on any atom is 0.394 e. The van der Waals surface area contributed by atoms with Crippen molar-refractivity contribution >= 4 is 11.8 Å². The average molecular weight is 206 g/mol. The van der Waals surface area contributed by atoms with Crippen LogP contribution < -0.4 is 11.5 Å². The van der Waals surface area contributed by atoms with Gasteiger partial charge in [-0.3, -0.25) is 0 Å². The van der Waals surface area contributed by atoms with Crippen molar-refractivity contribution in [1.29, 1.82) is 0 Å². The van der Waals surface area contributed by atoms with Gasteiger partial charge in [-0.25, -0.2) is 4.98 Å². The van der Waals surface area contributed by atoms with Gasteiger partial charge in [-0.05, 0) is 6.92 Å². The van der Waals surface area contributed by atoms with E-state index in [1.165, 1.54) is 6.92 Å². The Hall–Kier alpha value is -1.53. The Kier molecular flexibility index (Phi) is 2.50. The second-order valence-electron chi connectivity index (χ2n) is 2.83. The zero-order valence-electron chi connectivity index (χ0n) is 7.39. The molecule has 1 heterocycles. The maximum absolute atomic E-state index is 12.0. The third-order valence-corrected chi connectivity index (χ3v) is 1.67. The van der Waals surface area contributed by atoms with Crippen molar-refractivity contribution in [3.05, 3.63) is 11.3 Å². The Balaban J connectivity index is 3.09. The molecule has 0 aliphatic heterocycles. The molecule has 4 nitrogen and oxygen atoms in total. The molecule has 7 heteroatoms. The SMILES string of the molecule is Cc1c(N)nc(N)nc1CC(F)(F)F. The highest BCUT2D eigenvalue weighted by atomic mass is 19.4. The topological polar surface area (TPSA) is 77.8 Å². The van der Waals surface area contributed by atoms with Crippen LogP contribution in [-0.2, 0) is 6.42 Å². The number of halogens is 3. The number of aromatic nitrogens is 2. The van der Waals surface area contributed by atoms with Crippen LogP contribution in [0.15, 0.2) is 0 Å². The fourth-order valence-corrected chi connectivity index (χ4v) is 0.964. The molecule has 0 saturated heterocycles. The molecule has 0 saturated carbocycles. The van der Waals surface area contributed by atoms with Crippen LogP contribution >= 0.6 is 0 Å². The molecule has 1 rings (SSSR count). The monoisotopic (exact) mass is 206 g/mol. The van der Waals surface area contributed by atoms with Gasteiger partial charge in [0.2, 0.25) is 5.95 Å². The van der Waals surface area contributed by atoms with Crippen LogP contribution in [-0.4, -0.2) is 16.1 Å². The molecule has 1 aromatic heterocycles. The number of anilines is 2. The number of rotatable bonds is 1. The van der Waals surface area contributed by atoms with Crippen LogP contribution in [0.3, 0.4) is 0 Å². The van der Waals surface area contributed by atoms with Gasteiger partial charge < -0.3 is 11.5 Å². The highest BCUT2D eigenvalue weighted by Crippen LogP contribution is 2.23. The standard InChI is InChI=1S/C7H9F3N4/c1-3-4(2-7(8,9)10)13-6(12)14-5(3)11/h2H2,1H3,(H4,11,12,13,14). The quantitative estimate of drug-likeness (QED) is 0.720. The van der Waals surface area contributed by atoms with Gasteiger partial charge >= 0.3 is 6.18 Å². The maximum atomic E-state index is 12.0. The molecule has 0 aliphatic carbocycles. The second-order valence-corrected chi connectivity index (χ2v) is 2.83. The lowest BCUT2D eigenvalue weighted by Gasteiger charge is -2.09. The Labute approximate surface area is 78.1 Å². The van der Waals surface area contributed by atoms with Gasteiger partial charge in [0.25, 0.3) is 0 Å². The number of hydrogen-bond acceptors (Lipinski definition) is 4. The summed E-state index contributed by atoms with van der Waals surface area (Å²) in [4.78, 5) is 7.03. The largest absolute Gasteiger partial charge is 0.394 e. The number of nitrogen functional groups attached to an aromatic ring is 2. The summed E-state index contributed by atoms with van der Waals surface area (Å²) < 4.78 is 36.1. The summed E-state index contributed by atoms with van der Waals surface area (Å²) in [6.45, 7) is 1.43. The van der Waals surface area contributed by atoms with E-state index in [9.17, 15) is 13.2 Å². The van der Waals surface area contributed by atoms with Crippen molar-refractivity contribution in [1.82, 2.24) is 9.97 Å². The van der Waals surface area contributed by atoms with Crippen molar-refractivity contribution in [2.75, 3.05) is 11.5 Å². The molecule has 0 aliphatic rings. The summed E-state index contributed by atoms with van der Waals surface area (Å²) >= 11 is 0. The minimum Gasteiger partial charge on any atom is -0.383 e. The van der Waals surface area contributed by atoms with Gasteiger partial charge in [-0.15, -0.1) is 0 Å². The van der Waals surface area contributed by atoms with Crippen LogP contribution in [0.4, 0.5) is 24.9 Å². The van der Waals surface area contributed by atoms with E-state index in [-0.39, 0.29) is 23.0 Å². The highest BCUT2D eigenvalue weighted by Gasteiger charge is 2.30. The summed E-state index contributed by atoms with van der Waals surface area (Å²) in [5.74, 6) is -0.260. The molecule has 0 bridgehead atoms. The van der Waals surface area contributed by atoms with Gasteiger partial charge in [-0.1, -0.05) is 0 Å². The molecule has 1 aromatic rings. The van der Waals surface area contributed by atoms with E-state index < -0.39 is 12.6 Å². The van der Waals surface area contributed by atoms with E-state index in [1.807, 2.05) is 0 Å². The lowest BCUT2D eigenvalue weighted by Crippen LogP contribution is -2.16. The van der Waals surface area contributed by atoms with E-state index in [1.54, 1.807) is 0 Å². The third-order valence-electron chi connectivity index (χ3n) is 1.67. The first kappa shape index (κ1) is 10.6. The Morgan fingerprint density at radius 3 is 2.29 bits per heavy atom. The molecule has 78 valence electrons. The molecule has 0 radical (unpaired) electrons. The molecular formula is C7H9F3N4. The van der Waals surface area contributed by atoms with Crippen molar-refractivity contribution in [2.24, 2.45) is 0 Å². The predicted octanol–water partition coefficient (Wildman–Crippen LogP) is 1.05. The molecule has 0 unspecified atom stereocenters. The first-order valence-electron chi connectivity index (χ1n) is 3.75. The lowest BCUT2D eigenvalue weighted by atomic mass is 10.2. The fraction of sp³-hybridized carbons (Fsp3) is 0.429. The second kappa shape index (κ2) is 3.32. The van der Waals surface area contributed by atoms with Crippen LogP contribution in [0.2, 0.25) is 0 Å². The van der Waals surface area contributed by atoms with Crippen molar-refractivity contribution in [3.63, 3.8) is 0 Å². The lowest BCUT2D eigenvalue weighted by molar-refractivity contribution is -0.127. The Morgan fingerprint density at radius 2 is 1.79 bits per heavy atom. The summed E-state index contributed by atoms with van der Waals surface area (Å²) in [6, 6.07) is 0. The molecule has 4 N–H and O–H groups in total. The zero-order valence-corrected chi connectivity index (χ0v) is 7.39. The van der Waals surface area contributed by atoms with Gasteiger partial charge in [0, 0.05) is 5.56 Å². The third kappa shape index (κ3) is 2.48. The van der Waals surface area contributed by atoms with Crippen molar-refractivity contribution in [2.45, 2.75) is 19.5 Å². The van der Waals surface area contributed by atoms with Gasteiger partial charge in [0.15, 0.2) is 0 Å². The summed E-state index contributed by atoms with van der Waals surface area (Å²) in [5, 5.41) is 0. The molecule has 0 atom stereocenters. The van der Waals surface area contributed by atoms with Gasteiger partial charge in [-0.2, -0.15) is 18.2 Å². The van der Waals surface area contributed by atoms with Crippen LogP contribution in [0, 0.1) is 6.92 Å². The molecule has 0 aromatic carbocycles. The van der Waals surface area contributed by atoms with Gasteiger partial charge in [0.1, 0.15) is 5.82 Å². The van der Waals surface area contributed by atoms with E-state index in [4.69, 9.17) is 11.5 Å². The number of alkyl halides is 3. The number of hydrogen-bond donors (Lipinski definition) is 2. The Bertz CT molecular complexity index is 348. The normalized spacial score (nSPS) is 11.7. The first-order chi connectivity index (χ1) is 6.29. The van der Waals surface area contributed by atoms with Crippen LogP contribution in [0.25, 0.3) is 0 Å². The van der Waals surface area contributed by atoms with Crippen molar-refractivity contribution < 1.29 is 13.2 Å². The van der Waals surface area contributed by atoms with E-state index in [2.05, 4.69) is 9.97 Å². The van der Waals surface area contributed by atoms with Crippen molar-refractivity contribution in [3.8, 4) is 0 Å². The van der Waals surface area contributed by atoms with E-state index in [0.29, 0.717) is 0 Å². The molecule has 0 amide bonds. The fourth-order valence-electron chi connectivity index (χ4n) is 0.964. The summed E-state index contributed by atoms with van der Waals surface area (Å²) in [5.41, 5.74) is 10.6. The minimum atomic E-state index is -4.32. The Morgan fingerprint density at radius 1 is 1.21 bits per heavy atom. The minimum absolute atomic E-state index is 0.0169. The molecular weight excluding hydrogens is 197 g/mol. The van der Waals surface area contributed by atoms with Gasteiger partial charge in [0.05, 0.1) is 12.1 Å².